The Labute approximate surface area is 123 Å². The van der Waals surface area contributed by atoms with Crippen molar-refractivity contribution in [2.24, 2.45) is 0 Å². The Hall–Kier alpha value is -1.16. The number of halogens is 2. The molecule has 2 aromatic rings. The van der Waals surface area contributed by atoms with Gasteiger partial charge in [-0.25, -0.2) is 4.98 Å². The maximum absolute atomic E-state index is 6.11. The maximum Gasteiger partial charge on any atom is 0.129 e. The molecule has 0 atom stereocenters. The molecule has 0 amide bonds. The van der Waals surface area contributed by atoms with Gasteiger partial charge >= 0.3 is 0 Å². The highest BCUT2D eigenvalue weighted by atomic mass is 35.5. The lowest BCUT2D eigenvalue weighted by molar-refractivity contribution is 0.311. The molecule has 0 unspecified atom stereocenters. The van der Waals surface area contributed by atoms with Gasteiger partial charge in [-0.15, -0.1) is 0 Å². The fourth-order valence-corrected chi connectivity index (χ4v) is 2.17. The summed E-state index contributed by atoms with van der Waals surface area (Å²) in [5.41, 5.74) is 2.83. The molecule has 2 rings (SSSR count). The second-order valence-electron chi connectivity index (χ2n) is 4.51. The zero-order valence-corrected chi connectivity index (χ0v) is 12.4. The molecule has 0 N–H and O–H groups in total. The van der Waals surface area contributed by atoms with Crippen LogP contribution in [0.25, 0.3) is 0 Å². The normalized spacial score (nSPS) is 11.0. The van der Waals surface area contributed by atoms with E-state index in [2.05, 4.69) is 14.9 Å². The van der Waals surface area contributed by atoms with Crippen molar-refractivity contribution < 1.29 is 0 Å². The van der Waals surface area contributed by atoms with Gasteiger partial charge < -0.3 is 0 Å². The highest BCUT2D eigenvalue weighted by molar-refractivity contribution is 6.32. The van der Waals surface area contributed by atoms with Crippen molar-refractivity contribution in [2.45, 2.75) is 20.0 Å². The molecule has 0 saturated heterocycles. The lowest BCUT2D eigenvalue weighted by Crippen LogP contribution is -2.19. The third-order valence-corrected chi connectivity index (χ3v) is 3.24. The van der Waals surface area contributed by atoms with Gasteiger partial charge in [0.1, 0.15) is 5.15 Å². The van der Waals surface area contributed by atoms with Gasteiger partial charge in [0.05, 0.1) is 16.4 Å². The minimum absolute atomic E-state index is 0.460. The van der Waals surface area contributed by atoms with Crippen molar-refractivity contribution >= 4 is 23.2 Å². The SMILES string of the molecule is Cc1cccc(CN(C)Cc2nc(Cl)ccc2Cl)n1. The number of aromatic nitrogens is 2. The van der Waals surface area contributed by atoms with Gasteiger partial charge in [-0.3, -0.25) is 9.88 Å². The third kappa shape index (κ3) is 4.16. The van der Waals surface area contributed by atoms with Crippen LogP contribution >= 0.6 is 23.2 Å². The van der Waals surface area contributed by atoms with Crippen LogP contribution in [0, 0.1) is 6.92 Å². The van der Waals surface area contributed by atoms with E-state index in [1.54, 1.807) is 12.1 Å². The Morgan fingerprint density at radius 2 is 1.84 bits per heavy atom. The Morgan fingerprint density at radius 1 is 1.05 bits per heavy atom. The summed E-state index contributed by atoms with van der Waals surface area (Å²) in [5.74, 6) is 0. The number of pyridine rings is 2. The molecule has 2 heterocycles. The lowest BCUT2D eigenvalue weighted by Gasteiger charge is -2.16. The zero-order valence-electron chi connectivity index (χ0n) is 10.9. The van der Waals surface area contributed by atoms with Gasteiger partial charge in [0.2, 0.25) is 0 Å². The second kappa shape index (κ2) is 6.33. The van der Waals surface area contributed by atoms with Crippen LogP contribution in [-0.2, 0) is 13.1 Å². The Morgan fingerprint density at radius 3 is 2.58 bits per heavy atom. The van der Waals surface area contributed by atoms with Gasteiger partial charge in [0.25, 0.3) is 0 Å². The first-order chi connectivity index (χ1) is 9.04. The topological polar surface area (TPSA) is 29.0 Å². The molecule has 0 aromatic carbocycles. The van der Waals surface area contributed by atoms with E-state index in [1.165, 1.54) is 0 Å². The molecule has 0 aliphatic carbocycles. The molecule has 5 heteroatoms. The van der Waals surface area contributed by atoms with E-state index in [0.717, 1.165) is 23.6 Å². The van der Waals surface area contributed by atoms with Crippen molar-refractivity contribution in [3.05, 3.63) is 57.6 Å². The molecule has 0 radical (unpaired) electrons. The van der Waals surface area contributed by atoms with E-state index in [4.69, 9.17) is 23.2 Å². The summed E-state index contributed by atoms with van der Waals surface area (Å²) in [6.45, 7) is 3.36. The van der Waals surface area contributed by atoms with Gasteiger partial charge in [-0.05, 0) is 38.2 Å². The van der Waals surface area contributed by atoms with Crippen LogP contribution in [0.1, 0.15) is 17.1 Å². The van der Waals surface area contributed by atoms with E-state index in [9.17, 15) is 0 Å². The highest BCUT2D eigenvalue weighted by Gasteiger charge is 2.08. The quantitative estimate of drug-likeness (QED) is 0.805. The van der Waals surface area contributed by atoms with Crippen LogP contribution in [0.2, 0.25) is 10.2 Å². The fourth-order valence-electron chi connectivity index (χ4n) is 1.84. The van der Waals surface area contributed by atoms with Crippen LogP contribution in [-0.4, -0.2) is 21.9 Å². The second-order valence-corrected chi connectivity index (χ2v) is 5.30. The summed E-state index contributed by atoms with van der Waals surface area (Å²) in [7, 11) is 2.00. The van der Waals surface area contributed by atoms with Gasteiger partial charge in [-0.1, -0.05) is 29.3 Å². The summed E-state index contributed by atoms with van der Waals surface area (Å²) in [6.07, 6.45) is 0. The van der Waals surface area contributed by atoms with E-state index >= 15 is 0 Å². The third-order valence-electron chi connectivity index (χ3n) is 2.68. The molecule has 0 spiro atoms. The summed E-state index contributed by atoms with van der Waals surface area (Å²) in [5, 5.41) is 1.09. The maximum atomic E-state index is 6.11. The van der Waals surface area contributed by atoms with Gasteiger partial charge in [0.15, 0.2) is 0 Å². The Bertz CT molecular complexity index is 572. The molecule has 0 saturated carbocycles. The van der Waals surface area contributed by atoms with Crippen molar-refractivity contribution in [1.29, 1.82) is 0 Å². The first-order valence-electron chi connectivity index (χ1n) is 5.96. The first kappa shape index (κ1) is 14.3. The lowest BCUT2D eigenvalue weighted by atomic mass is 10.3. The zero-order chi connectivity index (χ0) is 13.8. The highest BCUT2D eigenvalue weighted by Crippen LogP contribution is 2.18. The largest absolute Gasteiger partial charge is 0.295 e. The van der Waals surface area contributed by atoms with E-state index < -0.39 is 0 Å². The van der Waals surface area contributed by atoms with Gasteiger partial charge in [-0.2, -0.15) is 0 Å². The molecular weight excluding hydrogens is 281 g/mol. The van der Waals surface area contributed by atoms with Crippen molar-refractivity contribution in [1.82, 2.24) is 14.9 Å². The van der Waals surface area contributed by atoms with E-state index in [1.807, 2.05) is 32.2 Å². The van der Waals surface area contributed by atoms with Crippen molar-refractivity contribution in [2.75, 3.05) is 7.05 Å². The van der Waals surface area contributed by atoms with Crippen molar-refractivity contribution in [3.63, 3.8) is 0 Å². The number of aryl methyl sites for hydroxylation is 1. The first-order valence-corrected chi connectivity index (χ1v) is 6.72. The van der Waals surface area contributed by atoms with Crippen LogP contribution in [0.4, 0.5) is 0 Å². The molecular formula is C14H15Cl2N3. The van der Waals surface area contributed by atoms with E-state index in [0.29, 0.717) is 16.7 Å². The summed E-state index contributed by atoms with van der Waals surface area (Å²) in [6, 6.07) is 9.46. The monoisotopic (exact) mass is 295 g/mol. The minimum atomic E-state index is 0.460. The molecule has 100 valence electrons. The summed E-state index contributed by atoms with van der Waals surface area (Å²) in [4.78, 5) is 10.8. The molecule has 3 nitrogen and oxygen atoms in total. The summed E-state index contributed by atoms with van der Waals surface area (Å²) < 4.78 is 0. The fraction of sp³-hybridized carbons (Fsp3) is 0.286. The predicted molar refractivity (Wildman–Crippen MR) is 78.4 cm³/mol. The number of hydrogen-bond acceptors (Lipinski definition) is 3. The number of nitrogens with zero attached hydrogens (tertiary/aromatic N) is 3. The Balaban J connectivity index is 2.05. The van der Waals surface area contributed by atoms with Crippen LogP contribution < -0.4 is 0 Å². The average molecular weight is 296 g/mol. The van der Waals surface area contributed by atoms with E-state index in [-0.39, 0.29) is 0 Å². The van der Waals surface area contributed by atoms with Crippen LogP contribution in [0.3, 0.4) is 0 Å². The molecule has 19 heavy (non-hydrogen) atoms. The van der Waals surface area contributed by atoms with Gasteiger partial charge in [0, 0.05) is 18.8 Å². The number of rotatable bonds is 4. The minimum Gasteiger partial charge on any atom is -0.295 e. The average Bonchev–Trinajstić information content (AvgIpc) is 2.34. The smallest absolute Gasteiger partial charge is 0.129 e. The molecule has 2 aromatic heterocycles. The molecule has 0 bridgehead atoms. The number of hydrogen-bond donors (Lipinski definition) is 0. The standard InChI is InChI=1S/C14H15Cl2N3/c1-10-4-3-5-11(17-10)8-19(2)9-13-12(15)6-7-14(16)18-13/h3-7H,8-9H2,1-2H3. The van der Waals surface area contributed by atoms with Crippen LogP contribution in [0.5, 0.6) is 0 Å². The molecule has 0 aliphatic heterocycles. The van der Waals surface area contributed by atoms with Crippen LogP contribution in [0.15, 0.2) is 30.3 Å². The van der Waals surface area contributed by atoms with Crippen molar-refractivity contribution in [3.8, 4) is 0 Å². The molecule has 0 aliphatic rings. The summed E-state index contributed by atoms with van der Waals surface area (Å²) >= 11 is 12.0. The molecule has 0 fully saturated rings. The Kier molecular flexibility index (Phi) is 4.75. The predicted octanol–water partition coefficient (Wildman–Crippen LogP) is 3.72.